The van der Waals surface area contributed by atoms with Crippen molar-refractivity contribution in [3.05, 3.63) is 57.0 Å². The number of hydrogen-bond donors (Lipinski definition) is 2. The molecule has 8 nitrogen and oxygen atoms in total. The zero-order valence-corrected chi connectivity index (χ0v) is 20.6. The number of H-pyrrole nitrogens is 1. The van der Waals surface area contributed by atoms with Crippen molar-refractivity contribution in [1.82, 2.24) is 15.2 Å². The fraction of sp³-hybridized carbons (Fsp3) is 0.538. The largest absolute Gasteiger partial charge is 0.496 e. The summed E-state index contributed by atoms with van der Waals surface area (Å²) in [6.07, 6.45) is 2.62. The Kier molecular flexibility index (Phi) is 7.28. The van der Waals surface area contributed by atoms with Gasteiger partial charge in [0.2, 0.25) is 0 Å². The van der Waals surface area contributed by atoms with Crippen molar-refractivity contribution in [3.63, 3.8) is 0 Å². The third-order valence-corrected chi connectivity index (χ3v) is 6.67. The van der Waals surface area contributed by atoms with Gasteiger partial charge in [-0.05, 0) is 51.5 Å². The number of ether oxygens (including phenoxy) is 3. The molecule has 0 bridgehead atoms. The Bertz CT molecular complexity index is 1080. The third-order valence-electron chi connectivity index (χ3n) is 6.67. The first-order valence-electron chi connectivity index (χ1n) is 11.9. The van der Waals surface area contributed by atoms with Gasteiger partial charge in [-0.2, -0.15) is 0 Å². The normalized spacial score (nSPS) is 24.9. The first-order chi connectivity index (χ1) is 16.2. The summed E-state index contributed by atoms with van der Waals surface area (Å²) in [6.45, 7) is 9.92. The van der Waals surface area contributed by atoms with Crippen LogP contribution in [0.15, 0.2) is 29.1 Å². The van der Waals surface area contributed by atoms with Crippen molar-refractivity contribution in [1.29, 1.82) is 0 Å². The molecule has 2 fully saturated rings. The number of pyridine rings is 1. The van der Waals surface area contributed by atoms with Crippen molar-refractivity contribution < 1.29 is 19.0 Å². The first-order valence-corrected chi connectivity index (χ1v) is 11.9. The minimum Gasteiger partial charge on any atom is -0.496 e. The lowest BCUT2D eigenvalue weighted by atomic mass is 9.87. The van der Waals surface area contributed by atoms with Crippen molar-refractivity contribution in [2.75, 3.05) is 20.2 Å². The summed E-state index contributed by atoms with van der Waals surface area (Å²) >= 11 is 0. The van der Waals surface area contributed by atoms with Crippen LogP contribution >= 0.6 is 0 Å². The monoisotopic (exact) mass is 469 g/mol. The summed E-state index contributed by atoms with van der Waals surface area (Å²) in [6, 6.07) is 7.85. The molecule has 2 N–H and O–H groups in total. The van der Waals surface area contributed by atoms with Crippen LogP contribution in [0.1, 0.15) is 53.9 Å². The first kappa shape index (κ1) is 24.3. The topological polar surface area (TPSA) is 92.9 Å². The van der Waals surface area contributed by atoms with Gasteiger partial charge in [-0.3, -0.25) is 14.5 Å². The average molecular weight is 470 g/mol. The number of carbonyl (C=O) groups excluding carboxylic acids is 1. The van der Waals surface area contributed by atoms with E-state index in [-0.39, 0.29) is 36.3 Å². The van der Waals surface area contributed by atoms with Crippen molar-refractivity contribution >= 4 is 5.91 Å². The number of methoxy groups -OCH3 is 1. The van der Waals surface area contributed by atoms with Crippen molar-refractivity contribution in [2.24, 2.45) is 0 Å². The van der Waals surface area contributed by atoms with Crippen LogP contribution < -0.4 is 20.3 Å². The molecule has 2 aliphatic rings. The van der Waals surface area contributed by atoms with Gasteiger partial charge in [0.05, 0.1) is 31.4 Å². The summed E-state index contributed by atoms with van der Waals surface area (Å²) in [5, 5.41) is 2.84. The van der Waals surface area contributed by atoms with E-state index in [9.17, 15) is 9.59 Å². The molecule has 2 atom stereocenters. The second kappa shape index (κ2) is 10.2. The average Bonchev–Trinajstić information content (AvgIpc) is 2.74. The molecular weight excluding hydrogens is 434 g/mol. The van der Waals surface area contributed by atoms with Crippen LogP contribution in [0, 0.1) is 13.8 Å². The maximum Gasteiger partial charge on any atom is 0.256 e. The van der Waals surface area contributed by atoms with Gasteiger partial charge in [0.25, 0.3) is 11.5 Å². The number of aromatic amines is 1. The highest BCUT2D eigenvalue weighted by atomic mass is 16.5. The molecule has 2 heterocycles. The van der Waals surface area contributed by atoms with E-state index >= 15 is 0 Å². The number of amides is 1. The van der Waals surface area contributed by atoms with Crippen LogP contribution in [-0.4, -0.2) is 60.3 Å². The molecule has 0 spiro atoms. The van der Waals surface area contributed by atoms with Gasteiger partial charge in [0, 0.05) is 43.2 Å². The molecule has 184 valence electrons. The predicted molar refractivity (Wildman–Crippen MR) is 130 cm³/mol. The minimum absolute atomic E-state index is 0.0723. The van der Waals surface area contributed by atoms with Gasteiger partial charge < -0.3 is 24.5 Å². The fourth-order valence-corrected chi connectivity index (χ4v) is 4.86. The highest BCUT2D eigenvalue weighted by molar-refractivity contribution is 5.96. The fourth-order valence-electron chi connectivity index (χ4n) is 4.86. The lowest BCUT2D eigenvalue weighted by Gasteiger charge is -2.46. The number of aromatic nitrogens is 1. The van der Waals surface area contributed by atoms with Gasteiger partial charge in [-0.25, -0.2) is 0 Å². The molecule has 1 aliphatic heterocycles. The molecule has 2 aromatic rings. The Morgan fingerprint density at radius 3 is 2.56 bits per heavy atom. The summed E-state index contributed by atoms with van der Waals surface area (Å²) < 4.78 is 17.3. The number of benzene rings is 1. The van der Waals surface area contributed by atoms with E-state index in [1.54, 1.807) is 19.1 Å². The number of hydrogen-bond acceptors (Lipinski definition) is 6. The summed E-state index contributed by atoms with van der Waals surface area (Å²) in [7, 11) is 1.51. The van der Waals surface area contributed by atoms with Crippen molar-refractivity contribution in [3.8, 4) is 11.5 Å². The van der Waals surface area contributed by atoms with Gasteiger partial charge in [0.1, 0.15) is 17.6 Å². The third kappa shape index (κ3) is 5.45. The molecule has 1 saturated heterocycles. The second-order valence-corrected chi connectivity index (χ2v) is 9.56. The highest BCUT2D eigenvalue weighted by Crippen LogP contribution is 2.32. The second-order valence-electron chi connectivity index (χ2n) is 9.56. The molecular formula is C26H35N3O5. The molecule has 8 heteroatoms. The molecule has 0 unspecified atom stereocenters. The van der Waals surface area contributed by atoms with Gasteiger partial charge >= 0.3 is 0 Å². The lowest BCUT2D eigenvalue weighted by molar-refractivity contribution is -0.103. The zero-order valence-electron chi connectivity index (χ0n) is 20.6. The van der Waals surface area contributed by atoms with E-state index in [1.165, 1.54) is 7.11 Å². The van der Waals surface area contributed by atoms with E-state index in [0.717, 1.165) is 31.5 Å². The summed E-state index contributed by atoms with van der Waals surface area (Å²) in [4.78, 5) is 30.5. The maximum atomic E-state index is 12.9. The van der Waals surface area contributed by atoms with Gasteiger partial charge in [-0.1, -0.05) is 6.07 Å². The SMILES string of the molecule is COc1cc(C)[nH]c(=O)c1CNC(=O)c1cc(OC2CC(N3C[C@@H](C)O[C@@H](C)C3)C2)ccc1C. The van der Waals surface area contributed by atoms with Gasteiger partial charge in [-0.15, -0.1) is 0 Å². The molecule has 34 heavy (non-hydrogen) atoms. The Labute approximate surface area is 200 Å². The van der Waals surface area contributed by atoms with E-state index in [1.807, 2.05) is 19.1 Å². The number of morpholine rings is 1. The summed E-state index contributed by atoms with van der Waals surface area (Å²) in [5.74, 6) is 0.889. The maximum absolute atomic E-state index is 12.9. The van der Waals surface area contributed by atoms with Crippen LogP contribution in [0.5, 0.6) is 11.5 Å². The highest BCUT2D eigenvalue weighted by Gasteiger charge is 2.38. The van der Waals surface area contributed by atoms with E-state index in [4.69, 9.17) is 14.2 Å². The number of nitrogens with one attached hydrogen (secondary N) is 2. The summed E-state index contributed by atoms with van der Waals surface area (Å²) in [5.41, 5.74) is 2.20. The zero-order chi connectivity index (χ0) is 24.4. The van der Waals surface area contributed by atoms with E-state index in [0.29, 0.717) is 34.4 Å². The number of rotatable bonds is 7. The number of aryl methyl sites for hydroxylation is 2. The molecule has 1 aromatic carbocycles. The standard InChI is InChI=1S/C26H35N3O5/c1-15-6-7-20(34-21-9-19(10-21)29-13-17(3)33-18(4)14-29)11-22(15)25(30)27-12-23-24(32-5)8-16(2)28-26(23)31/h6-8,11,17-19,21H,9-10,12-14H2,1-5H3,(H,27,30)(H,28,31)/t17-,18+,19?,21?. The van der Waals surface area contributed by atoms with Crippen LogP contribution in [0.3, 0.4) is 0 Å². The number of carbonyl (C=O) groups is 1. The molecule has 1 amide bonds. The molecule has 1 aliphatic carbocycles. The number of nitrogens with zero attached hydrogens (tertiary/aromatic N) is 1. The van der Waals surface area contributed by atoms with E-state index < -0.39 is 0 Å². The Balaban J connectivity index is 1.35. The Morgan fingerprint density at radius 2 is 1.88 bits per heavy atom. The van der Waals surface area contributed by atoms with Crippen LogP contribution in [0.25, 0.3) is 0 Å². The molecule has 1 saturated carbocycles. The molecule has 4 rings (SSSR count). The smallest absolute Gasteiger partial charge is 0.256 e. The molecule has 0 radical (unpaired) electrons. The van der Waals surface area contributed by atoms with Crippen LogP contribution in [-0.2, 0) is 11.3 Å². The van der Waals surface area contributed by atoms with Crippen molar-refractivity contribution in [2.45, 2.75) is 71.4 Å². The van der Waals surface area contributed by atoms with E-state index in [2.05, 4.69) is 29.0 Å². The van der Waals surface area contributed by atoms with Crippen LogP contribution in [0.4, 0.5) is 0 Å². The Hall–Kier alpha value is -2.84. The molecule has 1 aromatic heterocycles. The van der Waals surface area contributed by atoms with Gasteiger partial charge in [0.15, 0.2) is 0 Å². The van der Waals surface area contributed by atoms with Crippen LogP contribution in [0.2, 0.25) is 0 Å². The Morgan fingerprint density at radius 1 is 1.18 bits per heavy atom. The minimum atomic E-state index is -0.269. The predicted octanol–water partition coefficient (Wildman–Crippen LogP) is 2.95. The lowest BCUT2D eigenvalue weighted by Crippen LogP contribution is -2.56. The quantitative estimate of drug-likeness (QED) is 0.648.